The molecule has 4 heteroatoms. The van der Waals surface area contributed by atoms with Crippen LogP contribution >= 0.6 is 22.9 Å². The monoisotopic (exact) mass is 320 g/mol. The molecule has 0 atom stereocenters. The molecule has 2 nitrogen and oxygen atoms in total. The Labute approximate surface area is 133 Å². The van der Waals surface area contributed by atoms with Crippen molar-refractivity contribution >= 4 is 40.6 Å². The Morgan fingerprint density at radius 3 is 2.19 bits per heavy atom. The minimum absolute atomic E-state index is 0.0825. The van der Waals surface area contributed by atoms with E-state index in [4.69, 9.17) is 11.6 Å². The highest BCUT2D eigenvalue weighted by Crippen LogP contribution is 2.30. The number of rotatable bonds is 3. The number of thiophene rings is 1. The number of halogens is 1. The van der Waals surface area contributed by atoms with E-state index in [1.54, 1.807) is 18.2 Å². The van der Waals surface area contributed by atoms with Gasteiger partial charge in [-0.25, -0.2) is 4.79 Å². The second kappa shape index (κ2) is 6.04. The number of aliphatic carboxylic acids is 1. The van der Waals surface area contributed by atoms with Gasteiger partial charge in [-0.3, -0.25) is 0 Å². The summed E-state index contributed by atoms with van der Waals surface area (Å²) in [5.41, 5.74) is 2.43. The van der Waals surface area contributed by atoms with Gasteiger partial charge in [0.25, 0.3) is 0 Å². The molecule has 0 fully saturated rings. The smallest absolute Gasteiger partial charge is 0.337 e. The molecule has 0 unspecified atom stereocenters. The van der Waals surface area contributed by atoms with Crippen LogP contribution in [0.25, 0.3) is 11.6 Å². The van der Waals surface area contributed by atoms with Crippen LogP contribution in [-0.4, -0.2) is 11.1 Å². The van der Waals surface area contributed by atoms with E-state index >= 15 is 0 Å². The average molecular weight is 321 g/mol. The first kappa shape index (κ1) is 15.8. The lowest BCUT2D eigenvalue weighted by Gasteiger charge is -2.18. The Balaban J connectivity index is 2.37. The summed E-state index contributed by atoms with van der Waals surface area (Å²) in [5, 5.41) is 9.38. The third-order valence-corrected chi connectivity index (χ3v) is 4.42. The van der Waals surface area contributed by atoms with Crippen molar-refractivity contribution in [1.29, 1.82) is 0 Å². The zero-order chi connectivity index (χ0) is 15.6. The first-order chi connectivity index (χ1) is 9.77. The number of carboxylic acid groups (broad SMARTS) is 1. The van der Waals surface area contributed by atoms with E-state index in [1.807, 2.05) is 24.3 Å². The van der Waals surface area contributed by atoms with Crippen LogP contribution in [0.2, 0.25) is 4.34 Å². The van der Waals surface area contributed by atoms with E-state index in [0.29, 0.717) is 9.21 Å². The van der Waals surface area contributed by atoms with Crippen molar-refractivity contribution in [3.05, 3.63) is 56.7 Å². The van der Waals surface area contributed by atoms with Crippen LogP contribution in [0, 0.1) is 0 Å². The van der Waals surface area contributed by atoms with Gasteiger partial charge in [-0.15, -0.1) is 11.3 Å². The van der Waals surface area contributed by atoms with Crippen LogP contribution in [0.1, 0.15) is 36.8 Å². The summed E-state index contributed by atoms with van der Waals surface area (Å²) in [6.45, 7) is 6.44. The highest BCUT2D eigenvalue weighted by atomic mass is 35.5. The van der Waals surface area contributed by atoms with E-state index < -0.39 is 5.97 Å². The second-order valence-electron chi connectivity index (χ2n) is 5.84. The summed E-state index contributed by atoms with van der Waals surface area (Å²) in [5.74, 6) is -0.951. The molecule has 0 spiro atoms. The fraction of sp³-hybridized carbons (Fsp3) is 0.235. The molecule has 110 valence electrons. The quantitative estimate of drug-likeness (QED) is 0.777. The van der Waals surface area contributed by atoms with Crippen LogP contribution in [0.5, 0.6) is 0 Å². The van der Waals surface area contributed by atoms with Crippen LogP contribution < -0.4 is 0 Å². The van der Waals surface area contributed by atoms with Gasteiger partial charge in [0.15, 0.2) is 0 Å². The van der Waals surface area contributed by atoms with E-state index in [9.17, 15) is 9.90 Å². The van der Waals surface area contributed by atoms with Crippen molar-refractivity contribution in [2.75, 3.05) is 0 Å². The first-order valence-electron chi connectivity index (χ1n) is 6.58. The summed E-state index contributed by atoms with van der Waals surface area (Å²) in [6, 6.07) is 11.4. The van der Waals surface area contributed by atoms with Gasteiger partial charge in [-0.1, -0.05) is 56.6 Å². The molecule has 0 aliphatic carbocycles. The molecule has 0 bridgehead atoms. The predicted octanol–water partition coefficient (Wildman–Crippen LogP) is 5.32. The SMILES string of the molecule is CC(C)(C)c1ccc(/C=C(\C(=O)O)c2ccc(Cl)s2)cc1. The molecular formula is C17H17ClO2S. The lowest BCUT2D eigenvalue weighted by atomic mass is 9.86. The fourth-order valence-electron chi connectivity index (χ4n) is 1.94. The largest absolute Gasteiger partial charge is 0.478 e. The maximum absolute atomic E-state index is 11.4. The predicted molar refractivity (Wildman–Crippen MR) is 90.0 cm³/mol. The van der Waals surface area contributed by atoms with Gasteiger partial charge in [0.1, 0.15) is 0 Å². The zero-order valence-electron chi connectivity index (χ0n) is 12.2. The molecule has 0 aliphatic rings. The van der Waals surface area contributed by atoms with E-state index in [0.717, 1.165) is 5.56 Å². The maximum atomic E-state index is 11.4. The summed E-state index contributed by atoms with van der Waals surface area (Å²) in [4.78, 5) is 12.1. The highest BCUT2D eigenvalue weighted by molar-refractivity contribution is 7.17. The van der Waals surface area contributed by atoms with E-state index in [2.05, 4.69) is 20.8 Å². The van der Waals surface area contributed by atoms with Crippen molar-refractivity contribution in [2.45, 2.75) is 26.2 Å². The summed E-state index contributed by atoms with van der Waals surface area (Å²) in [6.07, 6.45) is 1.68. The van der Waals surface area contributed by atoms with Crippen LogP contribution in [-0.2, 0) is 10.2 Å². The number of benzene rings is 1. The third kappa shape index (κ3) is 3.96. The van der Waals surface area contributed by atoms with Crippen molar-refractivity contribution in [1.82, 2.24) is 0 Å². The molecule has 21 heavy (non-hydrogen) atoms. The van der Waals surface area contributed by atoms with E-state index in [-0.39, 0.29) is 11.0 Å². The summed E-state index contributed by atoms with van der Waals surface area (Å²) < 4.78 is 0.584. The number of hydrogen-bond donors (Lipinski definition) is 1. The van der Waals surface area contributed by atoms with E-state index in [1.165, 1.54) is 16.9 Å². The number of carbonyl (C=O) groups is 1. The second-order valence-corrected chi connectivity index (χ2v) is 7.55. The molecule has 0 saturated heterocycles. The standard InChI is InChI=1S/C17H17ClO2S/c1-17(2,3)12-6-4-11(5-7-12)10-13(16(19)20)14-8-9-15(18)21-14/h4-10H,1-3H3,(H,19,20)/b13-10-. The van der Waals surface area contributed by atoms with Gasteiger partial charge in [-0.2, -0.15) is 0 Å². The zero-order valence-corrected chi connectivity index (χ0v) is 13.8. The van der Waals surface area contributed by atoms with Gasteiger partial charge in [0, 0.05) is 4.88 Å². The van der Waals surface area contributed by atoms with Gasteiger partial charge in [0.05, 0.1) is 9.91 Å². The van der Waals surface area contributed by atoms with Crippen LogP contribution in [0.3, 0.4) is 0 Å². The minimum atomic E-state index is -0.951. The molecule has 1 heterocycles. The normalized spacial score (nSPS) is 12.5. The van der Waals surface area contributed by atoms with Crippen molar-refractivity contribution in [3.63, 3.8) is 0 Å². The number of hydrogen-bond acceptors (Lipinski definition) is 2. The fourth-order valence-corrected chi connectivity index (χ4v) is 2.99. The first-order valence-corrected chi connectivity index (χ1v) is 7.78. The minimum Gasteiger partial charge on any atom is -0.478 e. The Hall–Kier alpha value is -1.58. The Bertz CT molecular complexity index is 676. The molecule has 2 aromatic rings. The Kier molecular flexibility index (Phi) is 4.55. The van der Waals surface area contributed by atoms with Gasteiger partial charge >= 0.3 is 5.97 Å². The van der Waals surface area contributed by atoms with Gasteiger partial charge in [0.2, 0.25) is 0 Å². The third-order valence-electron chi connectivity index (χ3n) is 3.16. The van der Waals surface area contributed by atoms with Crippen molar-refractivity contribution < 1.29 is 9.90 Å². The molecular weight excluding hydrogens is 304 g/mol. The maximum Gasteiger partial charge on any atom is 0.337 e. The van der Waals surface area contributed by atoms with Gasteiger partial charge < -0.3 is 5.11 Å². The molecule has 1 N–H and O–H groups in total. The van der Waals surface area contributed by atoms with Crippen molar-refractivity contribution in [3.8, 4) is 0 Å². The summed E-state index contributed by atoms with van der Waals surface area (Å²) in [7, 11) is 0. The Morgan fingerprint density at radius 1 is 1.14 bits per heavy atom. The molecule has 0 aliphatic heterocycles. The topological polar surface area (TPSA) is 37.3 Å². The lowest BCUT2D eigenvalue weighted by molar-refractivity contribution is -0.130. The highest BCUT2D eigenvalue weighted by Gasteiger charge is 2.15. The van der Waals surface area contributed by atoms with Crippen LogP contribution in [0.4, 0.5) is 0 Å². The molecule has 0 saturated carbocycles. The Morgan fingerprint density at radius 2 is 1.76 bits per heavy atom. The molecule has 1 aromatic carbocycles. The van der Waals surface area contributed by atoms with Crippen molar-refractivity contribution in [2.24, 2.45) is 0 Å². The average Bonchev–Trinajstić information content (AvgIpc) is 2.81. The number of carboxylic acids is 1. The molecule has 0 radical (unpaired) electrons. The summed E-state index contributed by atoms with van der Waals surface area (Å²) >= 11 is 7.15. The van der Waals surface area contributed by atoms with Crippen LogP contribution in [0.15, 0.2) is 36.4 Å². The molecule has 2 rings (SSSR count). The molecule has 1 aromatic heterocycles. The lowest BCUT2D eigenvalue weighted by Crippen LogP contribution is -2.10. The molecule has 0 amide bonds. The van der Waals surface area contributed by atoms with Gasteiger partial charge in [-0.05, 0) is 34.8 Å².